The highest BCUT2D eigenvalue weighted by atomic mass is 16.4. The Bertz CT molecular complexity index is 615. The number of rotatable bonds is 5. The average Bonchev–Trinajstić information content (AvgIpc) is 2.75. The third-order valence-electron chi connectivity index (χ3n) is 4.02. The summed E-state index contributed by atoms with van der Waals surface area (Å²) in [7, 11) is 0. The molecular formula is C14H21N3O2. The lowest BCUT2D eigenvalue weighted by atomic mass is 9.89. The second-order valence-corrected chi connectivity index (χ2v) is 4.92. The van der Waals surface area contributed by atoms with E-state index in [0.717, 1.165) is 24.9 Å². The number of H-pyrrole nitrogens is 1. The Morgan fingerprint density at radius 2 is 1.89 bits per heavy atom. The van der Waals surface area contributed by atoms with Gasteiger partial charge < -0.3 is 15.5 Å². The zero-order valence-electron chi connectivity index (χ0n) is 11.7. The fraction of sp³-hybridized carbons (Fsp3) is 0.500. The van der Waals surface area contributed by atoms with Gasteiger partial charge in [0.15, 0.2) is 5.58 Å². The quantitative estimate of drug-likeness (QED) is 0.724. The summed E-state index contributed by atoms with van der Waals surface area (Å²) < 4.78 is 4.99. The predicted octanol–water partition coefficient (Wildman–Crippen LogP) is 3.08. The maximum atomic E-state index is 11.2. The number of oxazole rings is 1. The topological polar surface area (TPSA) is 84.0 Å². The number of nitrogen functional groups attached to an aromatic ring is 1. The highest BCUT2D eigenvalue weighted by Gasteiger charge is 2.24. The third kappa shape index (κ3) is 2.45. The maximum absolute atomic E-state index is 11.2. The van der Waals surface area contributed by atoms with Crippen LogP contribution in [0, 0.1) is 0 Å². The van der Waals surface area contributed by atoms with Crippen LogP contribution in [-0.4, -0.2) is 10.5 Å². The number of nitrogens with one attached hydrogen (secondary N) is 2. The number of hydrogen-bond donors (Lipinski definition) is 3. The summed E-state index contributed by atoms with van der Waals surface area (Å²) in [5, 5.41) is 3.52. The van der Waals surface area contributed by atoms with Crippen molar-refractivity contribution in [3.8, 4) is 0 Å². The number of fused-ring (bicyclic) bond motifs is 1. The van der Waals surface area contributed by atoms with E-state index in [1.807, 2.05) is 6.07 Å². The van der Waals surface area contributed by atoms with Gasteiger partial charge in [-0.15, -0.1) is 0 Å². The molecule has 0 bridgehead atoms. The van der Waals surface area contributed by atoms with Gasteiger partial charge in [-0.05, 0) is 25.3 Å². The molecule has 104 valence electrons. The normalized spacial score (nSPS) is 11.9. The number of aromatic nitrogens is 1. The van der Waals surface area contributed by atoms with Gasteiger partial charge in [-0.1, -0.05) is 20.8 Å². The van der Waals surface area contributed by atoms with Gasteiger partial charge >= 0.3 is 5.76 Å². The van der Waals surface area contributed by atoms with Crippen LogP contribution in [0.2, 0.25) is 0 Å². The molecule has 19 heavy (non-hydrogen) atoms. The molecule has 0 aliphatic rings. The minimum atomic E-state index is -0.459. The van der Waals surface area contributed by atoms with Gasteiger partial charge in [0.2, 0.25) is 0 Å². The Morgan fingerprint density at radius 3 is 2.47 bits per heavy atom. The van der Waals surface area contributed by atoms with E-state index in [9.17, 15) is 4.79 Å². The van der Waals surface area contributed by atoms with E-state index >= 15 is 0 Å². The molecule has 1 aromatic carbocycles. The average molecular weight is 263 g/mol. The van der Waals surface area contributed by atoms with Crippen molar-refractivity contribution in [2.24, 2.45) is 0 Å². The Balaban J connectivity index is 2.44. The van der Waals surface area contributed by atoms with Gasteiger partial charge in [-0.2, -0.15) is 0 Å². The monoisotopic (exact) mass is 263 g/mol. The summed E-state index contributed by atoms with van der Waals surface area (Å²) in [6, 6.07) is 3.52. The Hall–Kier alpha value is -1.91. The standard InChI is InChI=1S/C14H21N3O2/c1-4-14(5-2,6-3)17-10-8-11-12(7-9(10)15)19-13(18)16-11/h7-8,17H,4-6,15H2,1-3H3,(H,16,18). The Kier molecular flexibility index (Phi) is 3.55. The van der Waals surface area contributed by atoms with Crippen molar-refractivity contribution in [2.45, 2.75) is 45.6 Å². The van der Waals surface area contributed by atoms with Gasteiger partial charge in [0, 0.05) is 11.6 Å². The first-order chi connectivity index (χ1) is 9.03. The lowest BCUT2D eigenvalue weighted by molar-refractivity contribution is 0.420. The lowest BCUT2D eigenvalue weighted by Crippen LogP contribution is -2.36. The van der Waals surface area contributed by atoms with Crippen LogP contribution in [0.25, 0.3) is 11.1 Å². The van der Waals surface area contributed by atoms with Crippen molar-refractivity contribution in [1.29, 1.82) is 0 Å². The van der Waals surface area contributed by atoms with E-state index < -0.39 is 5.76 Å². The molecule has 0 spiro atoms. The molecule has 0 radical (unpaired) electrons. The minimum absolute atomic E-state index is 0.0336. The van der Waals surface area contributed by atoms with Gasteiger partial charge in [-0.3, -0.25) is 4.98 Å². The minimum Gasteiger partial charge on any atom is -0.408 e. The number of hydrogen-bond acceptors (Lipinski definition) is 4. The van der Waals surface area contributed by atoms with E-state index in [0.29, 0.717) is 16.8 Å². The second kappa shape index (κ2) is 4.99. The van der Waals surface area contributed by atoms with Crippen LogP contribution in [0.15, 0.2) is 21.3 Å². The zero-order valence-corrected chi connectivity index (χ0v) is 11.7. The molecule has 5 nitrogen and oxygen atoms in total. The van der Waals surface area contributed by atoms with Crippen LogP contribution in [0.3, 0.4) is 0 Å². The highest BCUT2D eigenvalue weighted by Crippen LogP contribution is 2.31. The van der Waals surface area contributed by atoms with E-state index in [1.165, 1.54) is 0 Å². The maximum Gasteiger partial charge on any atom is 0.417 e. The molecule has 0 saturated carbocycles. The summed E-state index contributed by atoms with van der Waals surface area (Å²) in [6.07, 6.45) is 3.04. The molecule has 0 amide bonds. The van der Waals surface area contributed by atoms with Gasteiger partial charge in [0.05, 0.1) is 16.9 Å². The number of anilines is 2. The first kappa shape index (κ1) is 13.5. The van der Waals surface area contributed by atoms with E-state index in [2.05, 4.69) is 31.1 Å². The van der Waals surface area contributed by atoms with Crippen LogP contribution in [0.1, 0.15) is 40.0 Å². The van der Waals surface area contributed by atoms with E-state index in [1.54, 1.807) is 6.07 Å². The number of benzene rings is 1. The molecule has 0 atom stereocenters. The van der Waals surface area contributed by atoms with E-state index in [4.69, 9.17) is 10.2 Å². The molecule has 1 heterocycles. The first-order valence-corrected chi connectivity index (χ1v) is 6.74. The molecule has 0 aliphatic carbocycles. The van der Waals surface area contributed by atoms with Crippen molar-refractivity contribution < 1.29 is 4.42 Å². The summed E-state index contributed by atoms with van der Waals surface area (Å²) in [5.74, 6) is -0.459. The van der Waals surface area contributed by atoms with Crippen molar-refractivity contribution in [1.82, 2.24) is 4.98 Å². The van der Waals surface area contributed by atoms with E-state index in [-0.39, 0.29) is 5.54 Å². The number of nitrogens with two attached hydrogens (primary N) is 1. The largest absolute Gasteiger partial charge is 0.417 e. The smallest absolute Gasteiger partial charge is 0.408 e. The summed E-state index contributed by atoms with van der Waals surface area (Å²) in [6.45, 7) is 6.48. The molecule has 4 N–H and O–H groups in total. The molecule has 0 saturated heterocycles. The van der Waals surface area contributed by atoms with Crippen LogP contribution in [-0.2, 0) is 0 Å². The zero-order chi connectivity index (χ0) is 14.0. The molecule has 0 unspecified atom stereocenters. The van der Waals surface area contributed by atoms with Crippen LogP contribution in [0.5, 0.6) is 0 Å². The third-order valence-corrected chi connectivity index (χ3v) is 4.02. The van der Waals surface area contributed by atoms with Crippen molar-refractivity contribution >= 4 is 22.5 Å². The van der Waals surface area contributed by atoms with Crippen molar-refractivity contribution in [3.63, 3.8) is 0 Å². The molecule has 0 fully saturated rings. The van der Waals surface area contributed by atoms with Gasteiger partial charge in [-0.25, -0.2) is 4.79 Å². The summed E-state index contributed by atoms with van der Waals surface area (Å²) in [4.78, 5) is 13.8. The summed E-state index contributed by atoms with van der Waals surface area (Å²) >= 11 is 0. The second-order valence-electron chi connectivity index (χ2n) is 4.92. The first-order valence-electron chi connectivity index (χ1n) is 6.74. The van der Waals surface area contributed by atoms with Gasteiger partial charge in [0.1, 0.15) is 0 Å². The molecule has 1 aromatic heterocycles. The predicted molar refractivity (Wildman–Crippen MR) is 78.5 cm³/mol. The van der Waals surface area contributed by atoms with Crippen LogP contribution >= 0.6 is 0 Å². The van der Waals surface area contributed by atoms with Crippen molar-refractivity contribution in [2.75, 3.05) is 11.1 Å². The molecular weight excluding hydrogens is 242 g/mol. The summed E-state index contributed by atoms with van der Waals surface area (Å²) in [5.41, 5.74) is 8.65. The Labute approximate surface area is 112 Å². The van der Waals surface area contributed by atoms with Crippen LogP contribution in [0.4, 0.5) is 11.4 Å². The fourth-order valence-electron chi connectivity index (χ4n) is 2.42. The number of aromatic amines is 1. The molecule has 2 rings (SSSR count). The SMILES string of the molecule is CCC(CC)(CC)Nc1cc2[nH]c(=O)oc2cc1N. The molecule has 2 aromatic rings. The van der Waals surface area contributed by atoms with Gasteiger partial charge in [0.25, 0.3) is 0 Å². The lowest BCUT2D eigenvalue weighted by Gasteiger charge is -2.33. The Morgan fingerprint density at radius 1 is 1.26 bits per heavy atom. The molecule has 5 heteroatoms. The fourth-order valence-corrected chi connectivity index (χ4v) is 2.42. The molecule has 0 aliphatic heterocycles. The highest BCUT2D eigenvalue weighted by molar-refractivity contribution is 5.85. The van der Waals surface area contributed by atoms with Crippen molar-refractivity contribution in [3.05, 3.63) is 22.7 Å². The van der Waals surface area contributed by atoms with Crippen LogP contribution < -0.4 is 16.8 Å².